The molecule has 4 fully saturated rings. The highest BCUT2D eigenvalue weighted by Crippen LogP contribution is 2.49. The van der Waals surface area contributed by atoms with Gasteiger partial charge in [-0.15, -0.1) is 12.4 Å². The summed E-state index contributed by atoms with van der Waals surface area (Å²) in [7, 11) is 0. The van der Waals surface area contributed by atoms with E-state index in [0.717, 1.165) is 59.6 Å². The van der Waals surface area contributed by atoms with Crippen LogP contribution in [0.25, 0.3) is 45.0 Å². The van der Waals surface area contributed by atoms with Crippen LogP contribution in [0.2, 0.25) is 0 Å². The summed E-state index contributed by atoms with van der Waals surface area (Å²) in [6.07, 6.45) is 24.9. The number of pyridine rings is 8. The predicted molar refractivity (Wildman–Crippen MR) is 521 cm³/mol. The lowest BCUT2D eigenvalue weighted by Gasteiger charge is -2.41. The summed E-state index contributed by atoms with van der Waals surface area (Å²) in [5.41, 5.74) is 6.03. The van der Waals surface area contributed by atoms with Gasteiger partial charge in [-0.2, -0.15) is 24.9 Å². The molecule has 4 aromatic carbocycles. The van der Waals surface area contributed by atoms with Crippen molar-refractivity contribution in [2.75, 3.05) is 58.6 Å². The smallest absolute Gasteiger partial charge is 0.337 e. The first-order chi connectivity index (χ1) is 63.6. The zero-order valence-corrected chi connectivity index (χ0v) is 74.9. The summed E-state index contributed by atoms with van der Waals surface area (Å²) < 4.78 is 119. The standard InChI is InChI=1S/3C25H22F2N4O.C14H16F2N2.C11H8N2O2.CH3FS.5CH4.ClH/c3*1-17(19-13-20(26)15-21(27)14-19)25(16-28)6-11-31(12-7-25)24(32)22-3-2-8-30-23(22)18-4-9-29-10-5-18;1-10(11-6-12(15)8-13(16)7-11)14(9-17)2-4-18-5-3-14;14-11(15)9-2-1-5-13-10(9)8-3-6-12-7-4-8;1-3-2;;;;;;/h3*2-5,8-10,13-15,17H,6-7,11-12H2,1H3;6-8,10,18H,2-5H2,1H3;1-7H,(H,14,15);1H3;5*1H4;1H/t2*17-;;;;;;;;;;/m10........../s1. The van der Waals surface area contributed by atoms with E-state index >= 15 is 0 Å². The maximum absolute atomic E-state index is 13.7. The zero-order chi connectivity index (χ0) is 94.7. The van der Waals surface area contributed by atoms with Crippen molar-refractivity contribution in [3.05, 3.63) is 335 Å². The minimum atomic E-state index is -0.977. The van der Waals surface area contributed by atoms with Gasteiger partial charge in [0.1, 0.15) is 46.5 Å². The number of aromatic nitrogens is 8. The Morgan fingerprint density at radius 1 is 0.341 bits per heavy atom. The molecule has 12 aromatic rings. The van der Waals surface area contributed by atoms with Crippen molar-refractivity contribution in [2.45, 2.75) is 140 Å². The molecule has 4 atom stereocenters. The molecular weight excluding hydrogens is 1820 g/mol. The minimum absolute atomic E-state index is 0. The van der Waals surface area contributed by atoms with E-state index in [-0.39, 0.29) is 109 Å². The largest absolute Gasteiger partial charge is 0.478 e. The van der Waals surface area contributed by atoms with Gasteiger partial charge < -0.3 is 25.1 Å². The minimum Gasteiger partial charge on any atom is -0.478 e. The number of amides is 3. The third-order valence-corrected chi connectivity index (χ3v) is 25.0. The molecule has 4 aliphatic heterocycles. The number of carbonyl (C=O) groups is 4. The molecule has 16 rings (SSSR count). The van der Waals surface area contributed by atoms with Crippen molar-refractivity contribution in [1.82, 2.24) is 59.9 Å². The van der Waals surface area contributed by atoms with Crippen LogP contribution in [0.15, 0.2) is 244 Å². The predicted octanol–water partition coefficient (Wildman–Crippen LogP) is 24.6. The van der Waals surface area contributed by atoms with Gasteiger partial charge in [0.25, 0.3) is 17.7 Å². The summed E-state index contributed by atoms with van der Waals surface area (Å²) in [5, 5.41) is 51.6. The number of hydrogen-bond donors (Lipinski definition) is 2. The van der Waals surface area contributed by atoms with E-state index in [0.29, 0.717) is 152 Å². The third kappa shape index (κ3) is 28.1. The van der Waals surface area contributed by atoms with Crippen LogP contribution >= 0.6 is 24.6 Å². The second kappa shape index (κ2) is 53.4. The monoisotopic (exact) mass is 1930 g/mol. The van der Waals surface area contributed by atoms with E-state index in [1.54, 1.807) is 180 Å². The van der Waals surface area contributed by atoms with Crippen molar-refractivity contribution >= 4 is 48.2 Å². The Morgan fingerprint density at radius 3 is 0.725 bits per heavy atom. The van der Waals surface area contributed by atoms with Crippen LogP contribution in [-0.4, -0.2) is 142 Å². The van der Waals surface area contributed by atoms with Crippen LogP contribution in [0.5, 0.6) is 0 Å². The number of aromatic carboxylic acids is 1. The van der Waals surface area contributed by atoms with Gasteiger partial charge in [0.2, 0.25) is 0 Å². The first kappa shape index (κ1) is 114. The molecule has 4 aliphatic rings. The van der Waals surface area contributed by atoms with Crippen LogP contribution < -0.4 is 5.32 Å². The number of benzene rings is 4. The highest BCUT2D eigenvalue weighted by Gasteiger charge is 2.46. The Morgan fingerprint density at radius 2 is 0.529 bits per heavy atom. The topological polar surface area (TPSA) is 309 Å². The lowest BCUT2D eigenvalue weighted by Crippen LogP contribution is -2.44. The highest BCUT2D eigenvalue weighted by molar-refractivity contribution is 7.93. The van der Waals surface area contributed by atoms with Crippen molar-refractivity contribution in [1.29, 1.82) is 21.0 Å². The summed E-state index contributed by atoms with van der Waals surface area (Å²) in [5.74, 6) is -7.85. The van der Waals surface area contributed by atoms with Gasteiger partial charge in [0, 0.05) is 202 Å². The first-order valence-electron chi connectivity index (χ1n) is 42.4. The molecular formula is C106H114ClF9N16O5S. The molecule has 0 spiro atoms. The molecule has 21 nitrogen and oxygen atoms in total. The van der Waals surface area contributed by atoms with E-state index in [2.05, 4.69) is 69.5 Å². The Kier molecular flexibility index (Phi) is 44.3. The molecule has 0 bridgehead atoms. The molecule has 724 valence electrons. The number of likely N-dealkylation sites (tertiary alicyclic amines) is 3. The molecule has 138 heavy (non-hydrogen) atoms. The van der Waals surface area contributed by atoms with E-state index in [1.165, 1.54) is 60.9 Å². The molecule has 2 N–H and O–H groups in total. The number of carboxylic acids is 1. The average molecular weight is 1930 g/mol. The number of rotatable bonds is 16. The molecule has 0 radical (unpaired) electrons. The van der Waals surface area contributed by atoms with Crippen molar-refractivity contribution < 1.29 is 63.3 Å². The fourth-order valence-electron chi connectivity index (χ4n) is 17.1. The molecule has 4 saturated heterocycles. The maximum atomic E-state index is 13.7. The molecule has 0 aliphatic carbocycles. The van der Waals surface area contributed by atoms with Crippen LogP contribution in [0, 0.1) is 114 Å². The Labute approximate surface area is 812 Å². The van der Waals surface area contributed by atoms with Gasteiger partial charge >= 0.3 is 5.97 Å². The zero-order valence-electron chi connectivity index (χ0n) is 73.2. The van der Waals surface area contributed by atoms with E-state index in [4.69, 9.17) is 5.11 Å². The Hall–Kier alpha value is -14.1. The number of nitrogens with zero attached hydrogens (tertiary/aromatic N) is 15. The summed E-state index contributed by atoms with van der Waals surface area (Å²) in [6.45, 7) is 11.1. The lowest BCUT2D eigenvalue weighted by atomic mass is 9.68. The van der Waals surface area contributed by atoms with Gasteiger partial charge in [-0.3, -0.25) is 54.3 Å². The number of nitrogens with one attached hydrogen (secondary N) is 1. The molecule has 32 heteroatoms. The molecule has 0 saturated carbocycles. The van der Waals surface area contributed by atoms with Crippen LogP contribution in [0.4, 0.5) is 39.0 Å². The number of hydrogen-bond acceptors (Lipinski definition) is 18. The first-order valence-corrected chi connectivity index (χ1v) is 43.6. The fourth-order valence-corrected chi connectivity index (χ4v) is 17.1. The third-order valence-electron chi connectivity index (χ3n) is 25.0. The number of halogens is 10. The summed E-state index contributed by atoms with van der Waals surface area (Å²) in [6, 6.07) is 51.0. The fraction of sp³-hybridized carbons (Fsp3) is 0.321. The van der Waals surface area contributed by atoms with E-state index < -0.39 is 74.2 Å². The average Bonchev–Trinajstić information content (AvgIpc) is 0.781. The quantitative estimate of drug-likeness (QED) is 0.0849. The summed E-state index contributed by atoms with van der Waals surface area (Å²) >= 11 is 0.250. The molecule has 12 heterocycles. The van der Waals surface area contributed by atoms with E-state index in [1.807, 2.05) is 27.7 Å². The Balaban J connectivity index is 0.000000306. The van der Waals surface area contributed by atoms with Crippen molar-refractivity contribution in [3.63, 3.8) is 0 Å². The van der Waals surface area contributed by atoms with Gasteiger partial charge in [0.05, 0.1) is 91.0 Å². The molecule has 8 aromatic heterocycles. The number of nitriles is 4. The Bertz CT molecular complexity index is 5650. The normalized spacial score (nSPS) is 15.1. The second-order valence-corrected chi connectivity index (χ2v) is 32.7. The lowest BCUT2D eigenvalue weighted by molar-refractivity contribution is 0.0616. The second-order valence-electron chi connectivity index (χ2n) is 32.4. The number of piperidine rings is 4. The van der Waals surface area contributed by atoms with Crippen LogP contribution in [0.3, 0.4) is 0 Å². The van der Waals surface area contributed by atoms with Gasteiger partial charge in [0.15, 0.2) is 0 Å². The highest BCUT2D eigenvalue weighted by atomic mass is 35.5. The van der Waals surface area contributed by atoms with Gasteiger partial charge in [-0.25, -0.2) is 39.9 Å². The van der Waals surface area contributed by atoms with E-state index in [9.17, 15) is 79.2 Å². The maximum Gasteiger partial charge on any atom is 0.337 e. The number of carbonyl (C=O) groups excluding carboxylic acids is 3. The van der Waals surface area contributed by atoms with Crippen LogP contribution in [0.1, 0.15) is 204 Å². The van der Waals surface area contributed by atoms with Crippen LogP contribution in [-0.2, 0) is 0 Å². The summed E-state index contributed by atoms with van der Waals surface area (Å²) in [4.78, 5) is 89.2. The van der Waals surface area contributed by atoms with Gasteiger partial charge in [-0.05, 0) is 232 Å². The molecule has 3 amide bonds. The van der Waals surface area contributed by atoms with Gasteiger partial charge in [-0.1, -0.05) is 64.8 Å². The van der Waals surface area contributed by atoms with Crippen molar-refractivity contribution in [3.8, 4) is 69.3 Å². The number of carboxylic acid groups (broad SMARTS) is 1. The van der Waals surface area contributed by atoms with Crippen molar-refractivity contribution in [2.24, 2.45) is 21.7 Å². The molecule has 2 unspecified atom stereocenters. The SMILES string of the molecule is C.C.C.C.C.CC(c1cc(F)cc(F)c1)C1(C#N)CCN(C(=O)c2cccnc2-c2ccncc2)CC1.CC(c1cc(F)cc(F)c1)C1(C#N)CCNCC1.CSF.C[C@@H](c1cc(F)cc(F)c1)C1(C#N)CCN(C(=O)c2cccnc2-c2ccncc2)CC1.C[C@H](c1cc(F)cc(F)c1)C1(C#N)CCN(C(=O)c2cccnc2-c2ccncc2)CC1.Cl.O=C(O)c1cccnc1-c1ccncc1.